The van der Waals surface area contributed by atoms with Crippen LogP contribution in [0.4, 0.5) is 11.5 Å². The van der Waals surface area contributed by atoms with Gasteiger partial charge in [0.2, 0.25) is 10.0 Å². The first-order valence-electron chi connectivity index (χ1n) is 13.8. The topological polar surface area (TPSA) is 124 Å². The minimum atomic E-state index is -3.66. The number of rotatable bonds is 9. The Labute approximate surface area is 244 Å². The molecule has 4 N–H and O–H groups in total. The van der Waals surface area contributed by atoms with Crippen LogP contribution in [0.1, 0.15) is 37.3 Å². The summed E-state index contributed by atoms with van der Waals surface area (Å²) in [5.74, 6) is 0.205. The number of hydrogen-bond acceptors (Lipinski definition) is 7. The molecule has 1 fully saturated rings. The van der Waals surface area contributed by atoms with Gasteiger partial charge in [0.05, 0.1) is 35.9 Å². The van der Waals surface area contributed by atoms with Crippen molar-refractivity contribution in [1.29, 1.82) is 0 Å². The van der Waals surface area contributed by atoms with E-state index in [1.54, 1.807) is 36.4 Å². The summed E-state index contributed by atoms with van der Waals surface area (Å²) in [5.41, 5.74) is 12.3. The van der Waals surface area contributed by atoms with Crippen molar-refractivity contribution in [1.82, 2.24) is 20.1 Å². The normalized spacial score (nSPS) is 17.8. The summed E-state index contributed by atoms with van der Waals surface area (Å²) in [6.07, 6.45) is 7.13. The second-order valence-electron chi connectivity index (χ2n) is 10.6. The second-order valence-corrected chi connectivity index (χ2v) is 12.7. The van der Waals surface area contributed by atoms with Crippen molar-refractivity contribution in [3.05, 3.63) is 77.0 Å². The van der Waals surface area contributed by atoms with Gasteiger partial charge in [-0.15, -0.1) is 0 Å². The fourth-order valence-corrected chi connectivity index (χ4v) is 7.04. The average molecular weight is 593 g/mol. The molecule has 11 heteroatoms. The summed E-state index contributed by atoms with van der Waals surface area (Å²) in [4.78, 5) is 4.57. The molecule has 1 aliphatic heterocycles. The highest BCUT2D eigenvalue weighted by atomic mass is 35.5. The summed E-state index contributed by atoms with van der Waals surface area (Å²) >= 11 is 6.16. The van der Waals surface area contributed by atoms with Gasteiger partial charge < -0.3 is 15.8 Å². The summed E-state index contributed by atoms with van der Waals surface area (Å²) in [7, 11) is -3.66. The molecule has 1 saturated heterocycles. The summed E-state index contributed by atoms with van der Waals surface area (Å²) in [5, 5.41) is 9.84. The van der Waals surface area contributed by atoms with Crippen LogP contribution < -0.4 is 15.8 Å². The Morgan fingerprint density at radius 2 is 1.90 bits per heavy atom. The van der Waals surface area contributed by atoms with E-state index in [2.05, 4.69) is 28.0 Å². The van der Waals surface area contributed by atoms with Crippen LogP contribution >= 0.6 is 11.6 Å². The SMILES string of the molecule is CCn1nc(-c2ccc(NS(=O)(=O)Cc3ccccc3Cl)cc2)c2c(N)ncc(C3=CC[C@@H](NC4COC4)CC3)c21. The lowest BCUT2D eigenvalue weighted by Crippen LogP contribution is -2.50. The number of ether oxygens (including phenoxy) is 1. The highest BCUT2D eigenvalue weighted by molar-refractivity contribution is 7.91. The smallest absolute Gasteiger partial charge is 0.236 e. The number of nitrogen functional groups attached to an aromatic ring is 1. The molecule has 0 amide bonds. The first-order chi connectivity index (χ1) is 19.8. The van der Waals surface area contributed by atoms with Gasteiger partial charge in [0, 0.05) is 40.6 Å². The van der Waals surface area contributed by atoms with E-state index >= 15 is 0 Å². The maximum Gasteiger partial charge on any atom is 0.236 e. The molecule has 6 rings (SSSR count). The first-order valence-corrected chi connectivity index (χ1v) is 15.9. The number of allylic oxidation sites excluding steroid dienone is 1. The maximum atomic E-state index is 12.8. The second kappa shape index (κ2) is 11.4. The Balaban J connectivity index is 1.27. The molecule has 9 nitrogen and oxygen atoms in total. The van der Waals surface area contributed by atoms with Crippen LogP contribution in [0.5, 0.6) is 0 Å². The lowest BCUT2D eigenvalue weighted by Gasteiger charge is -2.33. The Hall–Kier alpha value is -3.44. The van der Waals surface area contributed by atoms with Gasteiger partial charge in [0.1, 0.15) is 11.5 Å². The lowest BCUT2D eigenvalue weighted by atomic mass is 9.89. The standard InChI is InChI=1S/C30H33ClN6O3S/c1-2-37-29-25(19-7-11-22(12-8-19)34-24-16-40-17-24)15-33-30(32)27(29)28(35-37)20-9-13-23(14-10-20)36-41(38,39)18-21-5-3-4-6-26(21)31/h3-7,9-10,13-15,22,24,34,36H,2,8,11-12,16-18H2,1H3,(H2,32,33)/t22-/m1/s1. The predicted octanol–water partition coefficient (Wildman–Crippen LogP) is 5.22. The highest BCUT2D eigenvalue weighted by Gasteiger charge is 2.26. The molecule has 214 valence electrons. The molecule has 0 bridgehead atoms. The zero-order chi connectivity index (χ0) is 28.6. The van der Waals surface area contributed by atoms with E-state index in [0.717, 1.165) is 60.2 Å². The number of hydrogen-bond donors (Lipinski definition) is 3. The van der Waals surface area contributed by atoms with Gasteiger partial charge in [-0.3, -0.25) is 9.40 Å². The number of nitrogens with two attached hydrogens (primary N) is 1. The largest absolute Gasteiger partial charge is 0.383 e. The Kier molecular flexibility index (Phi) is 7.74. The molecule has 2 aromatic carbocycles. The Morgan fingerprint density at radius 1 is 1.12 bits per heavy atom. The van der Waals surface area contributed by atoms with Crippen molar-refractivity contribution in [2.24, 2.45) is 0 Å². The van der Waals surface area contributed by atoms with Gasteiger partial charge in [-0.2, -0.15) is 5.10 Å². The minimum absolute atomic E-state index is 0.216. The first kappa shape index (κ1) is 27.7. The van der Waals surface area contributed by atoms with E-state index in [1.165, 1.54) is 5.57 Å². The summed E-state index contributed by atoms with van der Waals surface area (Å²) in [6, 6.07) is 15.0. The van der Waals surface area contributed by atoms with Crippen molar-refractivity contribution < 1.29 is 13.2 Å². The van der Waals surface area contributed by atoms with E-state index in [1.807, 2.05) is 23.0 Å². The number of benzene rings is 2. The molecule has 0 saturated carbocycles. The van der Waals surface area contributed by atoms with Crippen molar-refractivity contribution in [2.75, 3.05) is 23.7 Å². The number of nitrogens with one attached hydrogen (secondary N) is 2. The molecule has 0 unspecified atom stereocenters. The average Bonchev–Trinajstić information content (AvgIpc) is 3.33. The third-order valence-corrected chi connectivity index (χ3v) is 9.30. The molecule has 41 heavy (non-hydrogen) atoms. The van der Waals surface area contributed by atoms with Gasteiger partial charge in [0.25, 0.3) is 0 Å². The molecule has 2 aromatic heterocycles. The third kappa shape index (κ3) is 5.83. The van der Waals surface area contributed by atoms with Crippen molar-refractivity contribution in [3.8, 4) is 11.3 Å². The summed E-state index contributed by atoms with van der Waals surface area (Å²) in [6.45, 7) is 4.32. The van der Waals surface area contributed by atoms with Crippen LogP contribution in [0.3, 0.4) is 0 Å². The van der Waals surface area contributed by atoms with Crippen LogP contribution in [0, 0.1) is 0 Å². The van der Waals surface area contributed by atoms with Gasteiger partial charge >= 0.3 is 0 Å². The zero-order valence-corrected chi connectivity index (χ0v) is 24.4. The van der Waals surface area contributed by atoms with Gasteiger partial charge in [0.15, 0.2) is 0 Å². The number of nitrogens with zero attached hydrogens (tertiary/aromatic N) is 3. The molecule has 3 heterocycles. The Bertz CT molecular complexity index is 1710. The van der Waals surface area contributed by atoms with Crippen molar-refractivity contribution in [3.63, 3.8) is 0 Å². The van der Waals surface area contributed by atoms with E-state index in [9.17, 15) is 8.42 Å². The molecular formula is C30H33ClN6O3S. The number of halogens is 1. The van der Waals surface area contributed by atoms with Crippen LogP contribution in [0.2, 0.25) is 5.02 Å². The van der Waals surface area contributed by atoms with Gasteiger partial charge in [-0.05, 0) is 55.5 Å². The van der Waals surface area contributed by atoms with Crippen LogP contribution in [-0.4, -0.2) is 48.5 Å². The minimum Gasteiger partial charge on any atom is -0.383 e. The van der Waals surface area contributed by atoms with Gasteiger partial charge in [-0.25, -0.2) is 13.4 Å². The van der Waals surface area contributed by atoms with Crippen molar-refractivity contribution >= 4 is 49.6 Å². The maximum absolute atomic E-state index is 12.8. The number of aromatic nitrogens is 3. The van der Waals surface area contributed by atoms with E-state index < -0.39 is 10.0 Å². The Morgan fingerprint density at radius 3 is 2.56 bits per heavy atom. The van der Waals surface area contributed by atoms with Crippen LogP contribution in [0.25, 0.3) is 27.7 Å². The zero-order valence-electron chi connectivity index (χ0n) is 22.8. The van der Waals surface area contributed by atoms with E-state index in [4.69, 9.17) is 27.2 Å². The number of pyridine rings is 1. The molecule has 0 spiro atoms. The summed E-state index contributed by atoms with van der Waals surface area (Å²) < 4.78 is 35.5. The molecule has 1 atom stereocenters. The van der Waals surface area contributed by atoms with Crippen molar-refractivity contribution in [2.45, 2.75) is 50.6 Å². The molecular weight excluding hydrogens is 560 g/mol. The fraction of sp³-hybridized carbons (Fsp3) is 0.333. The number of fused-ring (bicyclic) bond motifs is 1. The molecule has 4 aromatic rings. The molecule has 2 aliphatic rings. The van der Waals surface area contributed by atoms with E-state index in [-0.39, 0.29) is 5.75 Å². The van der Waals surface area contributed by atoms with Gasteiger partial charge in [-0.1, -0.05) is 48.0 Å². The number of anilines is 2. The van der Waals surface area contributed by atoms with Crippen LogP contribution in [0.15, 0.2) is 60.8 Å². The highest BCUT2D eigenvalue weighted by Crippen LogP contribution is 2.38. The fourth-order valence-electron chi connectivity index (χ4n) is 5.53. The van der Waals surface area contributed by atoms with Crippen LogP contribution in [-0.2, 0) is 27.1 Å². The quantitative estimate of drug-likeness (QED) is 0.243. The molecule has 0 radical (unpaired) electrons. The van der Waals surface area contributed by atoms with E-state index in [0.29, 0.717) is 40.7 Å². The monoisotopic (exact) mass is 592 g/mol. The number of sulfonamides is 1. The molecule has 1 aliphatic carbocycles. The predicted molar refractivity (Wildman–Crippen MR) is 164 cm³/mol. The lowest BCUT2D eigenvalue weighted by molar-refractivity contribution is -0.0103. The number of aryl methyl sites for hydroxylation is 1. The third-order valence-electron chi connectivity index (χ3n) is 7.70.